The van der Waals surface area contributed by atoms with Gasteiger partial charge in [0.25, 0.3) is 0 Å². The van der Waals surface area contributed by atoms with Crippen molar-refractivity contribution in [2.75, 3.05) is 26.1 Å². The molecule has 8 heteroatoms. The Morgan fingerprint density at radius 1 is 1.00 bits per heavy atom. The molecule has 1 atom stereocenters. The summed E-state index contributed by atoms with van der Waals surface area (Å²) in [4.78, 5) is 38.0. The second-order valence-corrected chi connectivity index (χ2v) is 9.48. The summed E-state index contributed by atoms with van der Waals surface area (Å²) in [5.74, 6) is 0.0837. The average molecular weight is 460 g/mol. The van der Waals surface area contributed by atoms with Crippen LogP contribution in [0.4, 0.5) is 5.69 Å². The van der Waals surface area contributed by atoms with Crippen molar-refractivity contribution in [3.63, 3.8) is 0 Å². The van der Waals surface area contributed by atoms with Crippen LogP contribution in [-0.4, -0.2) is 43.7 Å². The molecule has 2 aromatic carbocycles. The second kappa shape index (κ2) is 11.0. The molecule has 0 aliphatic heterocycles. The van der Waals surface area contributed by atoms with Crippen LogP contribution in [0.25, 0.3) is 0 Å². The Morgan fingerprint density at radius 2 is 1.59 bits per heavy atom. The van der Waals surface area contributed by atoms with Crippen LogP contribution in [0.15, 0.2) is 47.4 Å². The van der Waals surface area contributed by atoms with Crippen molar-refractivity contribution in [1.29, 1.82) is 0 Å². The number of hydrogen-bond donors (Lipinski definition) is 1. The van der Waals surface area contributed by atoms with Crippen LogP contribution in [-0.2, 0) is 14.3 Å². The van der Waals surface area contributed by atoms with Crippen LogP contribution in [0.2, 0.25) is 0 Å². The van der Waals surface area contributed by atoms with Crippen LogP contribution in [0, 0.1) is 5.41 Å². The van der Waals surface area contributed by atoms with E-state index >= 15 is 0 Å². The maximum Gasteiger partial charge on any atom is 0.339 e. The number of methoxy groups -OCH3 is 2. The van der Waals surface area contributed by atoms with Gasteiger partial charge in [-0.25, -0.2) is 4.79 Å². The molecular formula is C24H29NO6S. The Bertz CT molecular complexity index is 960. The van der Waals surface area contributed by atoms with E-state index in [2.05, 4.69) is 5.32 Å². The number of amides is 1. The first kappa shape index (κ1) is 25.3. The average Bonchev–Trinajstić information content (AvgIpc) is 2.76. The zero-order chi connectivity index (χ0) is 23.9. The first-order chi connectivity index (χ1) is 15.0. The summed E-state index contributed by atoms with van der Waals surface area (Å²) in [5.41, 5.74) is 0.248. The molecular weight excluding hydrogens is 430 g/mol. The minimum atomic E-state index is -0.601. The van der Waals surface area contributed by atoms with Crippen molar-refractivity contribution in [2.24, 2.45) is 5.41 Å². The largest absolute Gasteiger partial charge is 0.497 e. The molecule has 1 amide bonds. The molecule has 0 fully saturated rings. The van der Waals surface area contributed by atoms with Crippen molar-refractivity contribution >= 4 is 35.1 Å². The van der Waals surface area contributed by atoms with E-state index in [0.717, 1.165) is 0 Å². The van der Waals surface area contributed by atoms with Crippen molar-refractivity contribution in [1.82, 2.24) is 0 Å². The van der Waals surface area contributed by atoms with E-state index in [-0.39, 0.29) is 18.3 Å². The minimum absolute atomic E-state index is 0.169. The van der Waals surface area contributed by atoms with Gasteiger partial charge in [-0.1, -0.05) is 32.9 Å². The number of ketones is 1. The maximum absolute atomic E-state index is 12.7. The zero-order valence-electron chi connectivity index (χ0n) is 19.2. The highest BCUT2D eigenvalue weighted by Gasteiger charge is 2.24. The fraction of sp³-hybridized carbons (Fsp3) is 0.375. The molecule has 0 radical (unpaired) electrons. The van der Waals surface area contributed by atoms with Crippen molar-refractivity contribution in [2.45, 2.75) is 37.8 Å². The zero-order valence-corrected chi connectivity index (χ0v) is 20.0. The SMILES string of the molecule is COc1cc(NC(=O)[C@@H](C)Sc2ccccc2C(=O)OCC(=O)C(C)(C)C)cc(OC)c1. The Labute approximate surface area is 192 Å². The lowest BCUT2D eigenvalue weighted by Gasteiger charge is -2.17. The van der Waals surface area contributed by atoms with E-state index in [4.69, 9.17) is 14.2 Å². The number of esters is 1. The summed E-state index contributed by atoms with van der Waals surface area (Å²) in [6.07, 6.45) is 0. The highest BCUT2D eigenvalue weighted by Crippen LogP contribution is 2.30. The quantitative estimate of drug-likeness (QED) is 0.433. The standard InChI is InChI=1S/C24H29NO6S/c1-15(22(27)25-16-11-17(29-5)13-18(12-16)30-6)32-20-10-8-7-9-19(20)23(28)31-14-21(26)24(2,3)4/h7-13,15H,14H2,1-6H3,(H,25,27)/t15-/m1/s1. The molecule has 0 bridgehead atoms. The molecule has 0 aromatic heterocycles. The van der Waals surface area contributed by atoms with E-state index in [0.29, 0.717) is 27.6 Å². The lowest BCUT2D eigenvalue weighted by atomic mass is 9.91. The molecule has 2 aromatic rings. The third kappa shape index (κ3) is 7.02. The smallest absolute Gasteiger partial charge is 0.339 e. The Balaban J connectivity index is 2.09. The summed E-state index contributed by atoms with van der Waals surface area (Å²) in [7, 11) is 3.06. The number of hydrogen-bond acceptors (Lipinski definition) is 7. The van der Waals surface area contributed by atoms with Gasteiger partial charge in [-0.05, 0) is 19.1 Å². The molecule has 0 saturated heterocycles. The van der Waals surface area contributed by atoms with Gasteiger partial charge in [0.15, 0.2) is 12.4 Å². The lowest BCUT2D eigenvalue weighted by molar-refractivity contribution is -0.129. The Hall–Kier alpha value is -3.00. The minimum Gasteiger partial charge on any atom is -0.497 e. The third-order valence-electron chi connectivity index (χ3n) is 4.57. The van der Waals surface area contributed by atoms with Gasteiger partial charge in [0.2, 0.25) is 5.91 Å². The van der Waals surface area contributed by atoms with Gasteiger partial charge in [0.05, 0.1) is 25.0 Å². The summed E-state index contributed by atoms with van der Waals surface area (Å²) in [6.45, 7) is 6.75. The molecule has 32 heavy (non-hydrogen) atoms. The van der Waals surface area contributed by atoms with Gasteiger partial charge < -0.3 is 19.5 Å². The van der Waals surface area contributed by atoms with Crippen LogP contribution in [0.3, 0.4) is 0 Å². The van der Waals surface area contributed by atoms with Crippen molar-refractivity contribution in [3.8, 4) is 11.5 Å². The van der Waals surface area contributed by atoms with Crippen LogP contribution < -0.4 is 14.8 Å². The first-order valence-corrected chi connectivity index (χ1v) is 10.9. The molecule has 0 unspecified atom stereocenters. The van der Waals surface area contributed by atoms with Crippen LogP contribution in [0.5, 0.6) is 11.5 Å². The Morgan fingerprint density at radius 3 is 2.16 bits per heavy atom. The van der Waals surface area contributed by atoms with E-state index in [9.17, 15) is 14.4 Å². The van der Waals surface area contributed by atoms with Gasteiger partial charge in [-0.15, -0.1) is 11.8 Å². The number of carbonyl (C=O) groups is 3. The second-order valence-electron chi connectivity index (χ2n) is 8.10. The number of nitrogens with one attached hydrogen (secondary N) is 1. The number of benzene rings is 2. The fourth-order valence-corrected chi connectivity index (χ4v) is 3.51. The molecule has 0 aliphatic rings. The molecule has 0 spiro atoms. The predicted octanol–water partition coefficient (Wildman–Crippen LogP) is 4.60. The van der Waals surface area contributed by atoms with E-state index in [1.165, 1.54) is 26.0 Å². The monoisotopic (exact) mass is 459 g/mol. The lowest BCUT2D eigenvalue weighted by Crippen LogP contribution is -2.26. The molecule has 7 nitrogen and oxygen atoms in total. The fourth-order valence-electron chi connectivity index (χ4n) is 2.53. The van der Waals surface area contributed by atoms with Gasteiger partial charge >= 0.3 is 5.97 Å². The van der Waals surface area contributed by atoms with E-state index < -0.39 is 16.6 Å². The molecule has 1 N–H and O–H groups in total. The summed E-state index contributed by atoms with van der Waals surface area (Å²) < 4.78 is 15.7. The number of ether oxygens (including phenoxy) is 3. The normalized spacial score (nSPS) is 11.9. The first-order valence-electron chi connectivity index (χ1n) is 10.0. The van der Waals surface area contributed by atoms with Crippen LogP contribution in [0.1, 0.15) is 38.1 Å². The summed E-state index contributed by atoms with van der Waals surface area (Å²) >= 11 is 1.23. The number of anilines is 1. The maximum atomic E-state index is 12.7. The highest BCUT2D eigenvalue weighted by molar-refractivity contribution is 8.00. The van der Waals surface area contributed by atoms with Crippen LogP contribution >= 0.6 is 11.8 Å². The number of carbonyl (C=O) groups excluding carboxylic acids is 3. The highest BCUT2D eigenvalue weighted by atomic mass is 32.2. The number of thioether (sulfide) groups is 1. The predicted molar refractivity (Wildman–Crippen MR) is 125 cm³/mol. The molecule has 0 saturated carbocycles. The molecule has 0 aliphatic carbocycles. The molecule has 2 rings (SSSR count). The van der Waals surface area contributed by atoms with Gasteiger partial charge in [-0.3, -0.25) is 9.59 Å². The molecule has 0 heterocycles. The van der Waals surface area contributed by atoms with E-state index in [1.54, 1.807) is 70.2 Å². The summed E-state index contributed by atoms with van der Waals surface area (Å²) in [5, 5.41) is 2.32. The molecule has 172 valence electrons. The number of Topliss-reactive ketones (excluding diaryl/α,β-unsaturated/α-hetero) is 1. The topological polar surface area (TPSA) is 90.9 Å². The Kier molecular flexibility index (Phi) is 8.72. The van der Waals surface area contributed by atoms with E-state index in [1.807, 2.05) is 0 Å². The van der Waals surface area contributed by atoms with Gasteiger partial charge in [0.1, 0.15) is 11.5 Å². The van der Waals surface area contributed by atoms with Crippen molar-refractivity contribution < 1.29 is 28.6 Å². The van der Waals surface area contributed by atoms with Crippen molar-refractivity contribution in [3.05, 3.63) is 48.0 Å². The van der Waals surface area contributed by atoms with Gasteiger partial charge in [0, 0.05) is 34.2 Å². The summed E-state index contributed by atoms with van der Waals surface area (Å²) in [6, 6.07) is 11.9. The third-order valence-corrected chi connectivity index (χ3v) is 5.75. The number of rotatable bonds is 9. The van der Waals surface area contributed by atoms with Gasteiger partial charge in [-0.2, -0.15) is 0 Å².